The second-order valence-corrected chi connectivity index (χ2v) is 7.99. The summed E-state index contributed by atoms with van der Waals surface area (Å²) in [6.07, 6.45) is 6.26. The minimum atomic E-state index is -0.427. The third-order valence-corrected chi connectivity index (χ3v) is 6.21. The highest BCUT2D eigenvalue weighted by Crippen LogP contribution is 2.35. The minimum absolute atomic E-state index is 0.0137. The Morgan fingerprint density at radius 2 is 2.12 bits per heavy atom. The maximum absolute atomic E-state index is 12.9. The average molecular weight is 360 g/mol. The van der Waals surface area contributed by atoms with Gasteiger partial charge in [0.1, 0.15) is 5.60 Å². The van der Waals surface area contributed by atoms with Gasteiger partial charge >= 0.3 is 6.09 Å². The Bertz CT molecular complexity index is 706. The standard InChI is InChI=1S/C19H28N4O3/c1-3-5-13(2)23-12-19(26-18(23)25)8-10-22(11-9-19)17(24)16-14-6-4-7-15(14)20-21-16/h13H,3-12H2,1-2H3,(H,20,21)/t13-/m1/s1. The summed E-state index contributed by atoms with van der Waals surface area (Å²) in [6.45, 7) is 6.09. The first kappa shape index (κ1) is 17.4. The second-order valence-electron chi connectivity index (χ2n) is 7.99. The predicted octanol–water partition coefficient (Wildman–Crippen LogP) is 2.51. The molecule has 2 aliphatic heterocycles. The Kier molecular flexibility index (Phi) is 4.40. The summed E-state index contributed by atoms with van der Waals surface area (Å²) in [7, 11) is 0. The van der Waals surface area contributed by atoms with Crippen molar-refractivity contribution in [2.75, 3.05) is 19.6 Å². The van der Waals surface area contributed by atoms with E-state index >= 15 is 0 Å². The maximum Gasteiger partial charge on any atom is 0.410 e. The first-order chi connectivity index (χ1) is 12.5. The van der Waals surface area contributed by atoms with Gasteiger partial charge in [-0.25, -0.2) is 4.79 Å². The molecule has 0 radical (unpaired) electrons. The molecule has 3 aliphatic rings. The molecule has 2 saturated heterocycles. The molecule has 1 spiro atoms. The van der Waals surface area contributed by atoms with Crippen molar-refractivity contribution in [3.63, 3.8) is 0 Å². The number of rotatable bonds is 4. The number of fused-ring (bicyclic) bond motifs is 1. The minimum Gasteiger partial charge on any atom is -0.441 e. The molecule has 7 heteroatoms. The fraction of sp³-hybridized carbons (Fsp3) is 0.737. The van der Waals surface area contributed by atoms with E-state index in [1.54, 1.807) is 0 Å². The molecule has 1 atom stereocenters. The van der Waals surface area contributed by atoms with E-state index in [4.69, 9.17) is 4.74 Å². The molecule has 7 nitrogen and oxygen atoms in total. The summed E-state index contributed by atoms with van der Waals surface area (Å²) in [4.78, 5) is 28.9. The van der Waals surface area contributed by atoms with Crippen molar-refractivity contribution >= 4 is 12.0 Å². The number of amides is 2. The van der Waals surface area contributed by atoms with Crippen LogP contribution < -0.4 is 0 Å². The molecule has 0 bridgehead atoms. The van der Waals surface area contributed by atoms with Crippen molar-refractivity contribution in [2.45, 2.75) is 70.4 Å². The molecule has 0 unspecified atom stereocenters. The largest absolute Gasteiger partial charge is 0.441 e. The van der Waals surface area contributed by atoms with Crippen LogP contribution in [-0.4, -0.2) is 63.3 Å². The lowest BCUT2D eigenvalue weighted by Crippen LogP contribution is -2.49. The molecule has 3 heterocycles. The second kappa shape index (κ2) is 6.59. The number of carbonyl (C=O) groups excluding carboxylic acids is 2. The van der Waals surface area contributed by atoms with Gasteiger partial charge in [-0.05, 0) is 32.6 Å². The van der Waals surface area contributed by atoms with E-state index in [9.17, 15) is 9.59 Å². The van der Waals surface area contributed by atoms with Gasteiger partial charge in [-0.15, -0.1) is 0 Å². The van der Waals surface area contributed by atoms with Crippen LogP contribution in [0, 0.1) is 0 Å². The number of aromatic amines is 1. The Balaban J connectivity index is 1.40. The fourth-order valence-corrected chi connectivity index (χ4v) is 4.58. The van der Waals surface area contributed by atoms with Crippen LogP contribution in [0.4, 0.5) is 4.79 Å². The maximum atomic E-state index is 12.9. The van der Waals surface area contributed by atoms with Gasteiger partial charge in [0.25, 0.3) is 5.91 Å². The lowest BCUT2D eigenvalue weighted by molar-refractivity contribution is 0.00287. The monoisotopic (exact) mass is 360 g/mol. The molecular weight excluding hydrogens is 332 g/mol. The van der Waals surface area contributed by atoms with Crippen molar-refractivity contribution in [3.8, 4) is 0 Å². The molecule has 0 saturated carbocycles. The molecule has 4 rings (SSSR count). The first-order valence-electron chi connectivity index (χ1n) is 9.88. The number of likely N-dealkylation sites (tertiary alicyclic amines) is 1. The van der Waals surface area contributed by atoms with Crippen LogP contribution >= 0.6 is 0 Å². The molecule has 0 aromatic carbocycles. The molecule has 1 aliphatic carbocycles. The molecule has 2 amide bonds. The van der Waals surface area contributed by atoms with Crippen molar-refractivity contribution in [1.82, 2.24) is 20.0 Å². The number of aryl methyl sites for hydroxylation is 1. The topological polar surface area (TPSA) is 78.5 Å². The van der Waals surface area contributed by atoms with Crippen LogP contribution in [0.2, 0.25) is 0 Å². The van der Waals surface area contributed by atoms with E-state index in [1.165, 1.54) is 0 Å². The lowest BCUT2D eigenvalue weighted by Gasteiger charge is -2.37. The van der Waals surface area contributed by atoms with Crippen LogP contribution in [0.5, 0.6) is 0 Å². The third-order valence-electron chi connectivity index (χ3n) is 6.21. The van der Waals surface area contributed by atoms with Gasteiger partial charge in [-0.1, -0.05) is 13.3 Å². The van der Waals surface area contributed by atoms with Gasteiger partial charge < -0.3 is 14.5 Å². The zero-order valence-corrected chi connectivity index (χ0v) is 15.7. The number of ether oxygens (including phenoxy) is 1. The molecule has 1 N–H and O–H groups in total. The van der Waals surface area contributed by atoms with E-state index in [-0.39, 0.29) is 18.0 Å². The molecule has 2 fully saturated rings. The van der Waals surface area contributed by atoms with Crippen LogP contribution in [-0.2, 0) is 17.6 Å². The summed E-state index contributed by atoms with van der Waals surface area (Å²) in [5.41, 5.74) is 2.38. The number of hydrogen-bond acceptors (Lipinski definition) is 4. The number of hydrogen-bond donors (Lipinski definition) is 1. The number of H-pyrrole nitrogens is 1. The van der Waals surface area contributed by atoms with Crippen molar-refractivity contribution in [1.29, 1.82) is 0 Å². The van der Waals surface area contributed by atoms with Crippen LogP contribution in [0.25, 0.3) is 0 Å². The van der Waals surface area contributed by atoms with Gasteiger partial charge in [-0.2, -0.15) is 5.10 Å². The van der Waals surface area contributed by atoms with Crippen molar-refractivity contribution in [2.24, 2.45) is 0 Å². The SMILES string of the molecule is CCC[C@@H](C)N1CC2(CCN(C(=O)c3n[nH]c4c3CCC4)CC2)OC1=O. The number of aromatic nitrogens is 2. The smallest absolute Gasteiger partial charge is 0.410 e. The van der Waals surface area contributed by atoms with E-state index in [0.29, 0.717) is 38.2 Å². The molecule has 142 valence electrons. The zero-order valence-electron chi connectivity index (χ0n) is 15.7. The fourth-order valence-electron chi connectivity index (χ4n) is 4.58. The average Bonchev–Trinajstić information content (AvgIpc) is 3.30. The normalized spacial score (nSPS) is 22.6. The van der Waals surface area contributed by atoms with Crippen molar-refractivity contribution < 1.29 is 14.3 Å². The highest BCUT2D eigenvalue weighted by atomic mass is 16.6. The highest BCUT2D eigenvalue weighted by Gasteiger charge is 2.48. The van der Waals surface area contributed by atoms with E-state index in [1.807, 2.05) is 9.80 Å². The summed E-state index contributed by atoms with van der Waals surface area (Å²) in [5.74, 6) is 0.0137. The van der Waals surface area contributed by atoms with Gasteiger partial charge in [0.05, 0.1) is 6.54 Å². The van der Waals surface area contributed by atoms with E-state index in [0.717, 1.165) is 43.4 Å². The van der Waals surface area contributed by atoms with E-state index in [2.05, 4.69) is 24.0 Å². The van der Waals surface area contributed by atoms with Crippen LogP contribution in [0.3, 0.4) is 0 Å². The van der Waals surface area contributed by atoms with Gasteiger partial charge in [0.15, 0.2) is 5.69 Å². The zero-order chi connectivity index (χ0) is 18.3. The molecule has 1 aromatic heterocycles. The summed E-state index contributed by atoms with van der Waals surface area (Å²) in [5, 5.41) is 7.28. The molecule has 26 heavy (non-hydrogen) atoms. The lowest BCUT2D eigenvalue weighted by atomic mass is 9.90. The number of piperidine rings is 1. The summed E-state index contributed by atoms with van der Waals surface area (Å²) in [6, 6.07) is 0.207. The van der Waals surface area contributed by atoms with E-state index < -0.39 is 5.60 Å². The number of nitrogens with one attached hydrogen (secondary N) is 1. The predicted molar refractivity (Wildman–Crippen MR) is 96.0 cm³/mol. The number of nitrogens with zero attached hydrogens (tertiary/aromatic N) is 3. The Labute approximate surface area is 154 Å². The quantitative estimate of drug-likeness (QED) is 0.895. The molecular formula is C19H28N4O3. The van der Waals surface area contributed by atoms with Gasteiger partial charge in [-0.3, -0.25) is 9.89 Å². The molecule has 1 aromatic rings. The van der Waals surface area contributed by atoms with Gasteiger partial charge in [0.2, 0.25) is 0 Å². The van der Waals surface area contributed by atoms with Crippen molar-refractivity contribution in [3.05, 3.63) is 17.0 Å². The Morgan fingerprint density at radius 3 is 2.85 bits per heavy atom. The first-order valence-corrected chi connectivity index (χ1v) is 9.88. The number of carbonyl (C=O) groups is 2. The highest BCUT2D eigenvalue weighted by molar-refractivity contribution is 5.94. The summed E-state index contributed by atoms with van der Waals surface area (Å²) < 4.78 is 5.79. The summed E-state index contributed by atoms with van der Waals surface area (Å²) >= 11 is 0. The Morgan fingerprint density at radius 1 is 1.35 bits per heavy atom. The Hall–Kier alpha value is -2.05. The van der Waals surface area contributed by atoms with Crippen LogP contribution in [0.1, 0.15) is 67.7 Å². The third kappa shape index (κ3) is 2.87. The van der Waals surface area contributed by atoms with Gasteiger partial charge in [0, 0.05) is 43.2 Å². The van der Waals surface area contributed by atoms with Crippen LogP contribution in [0.15, 0.2) is 0 Å².